The van der Waals surface area contributed by atoms with Crippen molar-refractivity contribution in [2.75, 3.05) is 19.5 Å². The van der Waals surface area contributed by atoms with E-state index in [-0.39, 0.29) is 5.91 Å². The minimum Gasteiger partial charge on any atom is -0.465 e. The van der Waals surface area contributed by atoms with Gasteiger partial charge in [0.15, 0.2) is 0 Å². The van der Waals surface area contributed by atoms with Gasteiger partial charge in [-0.2, -0.15) is 0 Å². The normalized spacial score (nSPS) is 12.8. The summed E-state index contributed by atoms with van der Waals surface area (Å²) in [6, 6.07) is 6.16. The summed E-state index contributed by atoms with van der Waals surface area (Å²) in [5, 5.41) is 3.34. The minimum absolute atomic E-state index is 0.342. The van der Waals surface area contributed by atoms with Crippen LogP contribution < -0.4 is 5.32 Å². The molecule has 0 atom stereocenters. The zero-order chi connectivity index (χ0) is 18.7. The van der Waals surface area contributed by atoms with Crippen molar-refractivity contribution >= 4 is 34.2 Å². The maximum Gasteiger partial charge on any atom is 0.341 e. The van der Waals surface area contributed by atoms with Gasteiger partial charge in [0.1, 0.15) is 5.00 Å². The first-order chi connectivity index (χ1) is 12.5. The Hall–Kier alpha value is -2.67. The second-order valence-corrected chi connectivity index (χ2v) is 7.03. The van der Waals surface area contributed by atoms with Gasteiger partial charge in [-0.05, 0) is 55.5 Å². The van der Waals surface area contributed by atoms with E-state index in [9.17, 15) is 14.4 Å². The average molecular weight is 373 g/mol. The van der Waals surface area contributed by atoms with E-state index < -0.39 is 11.9 Å². The van der Waals surface area contributed by atoms with Crippen molar-refractivity contribution in [2.45, 2.75) is 25.7 Å². The molecule has 1 aromatic heterocycles. The fourth-order valence-corrected chi connectivity index (χ4v) is 4.30. The number of benzene rings is 1. The van der Waals surface area contributed by atoms with Gasteiger partial charge in [0.25, 0.3) is 5.91 Å². The lowest BCUT2D eigenvalue weighted by atomic mass is 9.95. The quantitative estimate of drug-likeness (QED) is 0.830. The molecule has 1 amide bonds. The van der Waals surface area contributed by atoms with Gasteiger partial charge in [-0.15, -0.1) is 11.3 Å². The van der Waals surface area contributed by atoms with Crippen LogP contribution in [-0.4, -0.2) is 32.1 Å². The number of esters is 2. The van der Waals surface area contributed by atoms with Crippen molar-refractivity contribution in [2.24, 2.45) is 0 Å². The molecule has 0 aliphatic heterocycles. The SMILES string of the molecule is COC(=O)c1ccc(C(=O)Nc2sc3c(c2C(=O)OC)CCCC3)cc1. The molecule has 0 fully saturated rings. The molecule has 0 saturated carbocycles. The van der Waals surface area contributed by atoms with Crippen molar-refractivity contribution in [3.8, 4) is 0 Å². The number of thiophene rings is 1. The number of amides is 1. The minimum atomic E-state index is -0.462. The predicted octanol–water partition coefficient (Wildman–Crippen LogP) is 3.45. The molecular weight excluding hydrogens is 354 g/mol. The molecule has 1 aliphatic carbocycles. The molecule has 0 spiro atoms. The number of carbonyl (C=O) groups is 3. The van der Waals surface area contributed by atoms with Gasteiger partial charge in [-0.25, -0.2) is 9.59 Å². The van der Waals surface area contributed by atoms with Crippen molar-refractivity contribution in [1.82, 2.24) is 0 Å². The highest BCUT2D eigenvalue weighted by Gasteiger charge is 2.27. The number of ether oxygens (including phenoxy) is 2. The van der Waals surface area contributed by atoms with Crippen molar-refractivity contribution < 1.29 is 23.9 Å². The Morgan fingerprint density at radius 1 is 0.923 bits per heavy atom. The van der Waals surface area contributed by atoms with Gasteiger partial charge >= 0.3 is 11.9 Å². The molecule has 1 heterocycles. The lowest BCUT2D eigenvalue weighted by Crippen LogP contribution is -2.15. The zero-order valence-electron chi connectivity index (χ0n) is 14.6. The fraction of sp³-hybridized carbons (Fsp3) is 0.316. The molecule has 1 aliphatic rings. The third kappa shape index (κ3) is 3.48. The molecule has 1 aromatic carbocycles. The van der Waals surface area contributed by atoms with Crippen LogP contribution in [0.1, 0.15) is 54.4 Å². The van der Waals surface area contributed by atoms with Gasteiger partial charge in [-0.3, -0.25) is 4.79 Å². The van der Waals surface area contributed by atoms with E-state index in [0.29, 0.717) is 21.7 Å². The third-order valence-corrected chi connectivity index (χ3v) is 5.56. The number of anilines is 1. The van der Waals surface area contributed by atoms with Crippen LogP contribution in [0.4, 0.5) is 5.00 Å². The monoisotopic (exact) mass is 373 g/mol. The summed E-state index contributed by atoms with van der Waals surface area (Å²) in [7, 11) is 2.64. The van der Waals surface area contributed by atoms with E-state index in [1.165, 1.54) is 37.7 Å². The Kier molecular flexibility index (Phi) is 5.37. The Bertz CT molecular complexity index is 854. The number of carbonyl (C=O) groups excluding carboxylic acids is 3. The largest absolute Gasteiger partial charge is 0.465 e. The smallest absolute Gasteiger partial charge is 0.341 e. The Labute approximate surface area is 155 Å². The second kappa shape index (κ2) is 7.70. The first-order valence-corrected chi connectivity index (χ1v) is 9.09. The van der Waals surface area contributed by atoms with E-state index >= 15 is 0 Å². The molecule has 0 saturated heterocycles. The van der Waals surface area contributed by atoms with Crippen LogP contribution in [0.5, 0.6) is 0 Å². The van der Waals surface area contributed by atoms with Crippen LogP contribution >= 0.6 is 11.3 Å². The summed E-state index contributed by atoms with van der Waals surface area (Å²) in [6.45, 7) is 0. The van der Waals surface area contributed by atoms with E-state index in [0.717, 1.165) is 36.1 Å². The Morgan fingerprint density at radius 2 is 1.54 bits per heavy atom. The van der Waals surface area contributed by atoms with E-state index in [1.807, 2.05) is 0 Å². The average Bonchev–Trinajstić information content (AvgIpc) is 3.04. The second-order valence-electron chi connectivity index (χ2n) is 5.93. The Balaban J connectivity index is 1.86. The Morgan fingerprint density at radius 3 is 2.19 bits per heavy atom. The van der Waals surface area contributed by atoms with Crippen LogP contribution in [-0.2, 0) is 22.3 Å². The first kappa shape index (κ1) is 18.1. The summed E-state index contributed by atoms with van der Waals surface area (Å²) in [6.07, 6.45) is 3.83. The first-order valence-electron chi connectivity index (χ1n) is 8.27. The lowest BCUT2D eigenvalue weighted by Gasteiger charge is -2.11. The van der Waals surface area contributed by atoms with Gasteiger partial charge < -0.3 is 14.8 Å². The number of aryl methyl sites for hydroxylation is 1. The molecular formula is C19H19NO5S. The van der Waals surface area contributed by atoms with Crippen LogP contribution in [0.2, 0.25) is 0 Å². The molecule has 26 heavy (non-hydrogen) atoms. The number of methoxy groups -OCH3 is 2. The molecule has 136 valence electrons. The standard InChI is InChI=1S/C19H19NO5S/c1-24-18(22)12-9-7-11(8-10-12)16(21)20-17-15(19(23)25-2)13-5-3-4-6-14(13)26-17/h7-10H,3-6H2,1-2H3,(H,20,21). The highest BCUT2D eigenvalue weighted by molar-refractivity contribution is 7.17. The summed E-state index contributed by atoms with van der Waals surface area (Å²) in [5.74, 6) is -1.23. The zero-order valence-corrected chi connectivity index (χ0v) is 15.4. The topological polar surface area (TPSA) is 81.7 Å². The fourth-order valence-electron chi connectivity index (χ4n) is 3.02. The van der Waals surface area contributed by atoms with E-state index in [1.54, 1.807) is 12.1 Å². The van der Waals surface area contributed by atoms with Crippen LogP contribution in [0.25, 0.3) is 0 Å². The van der Waals surface area contributed by atoms with Crippen LogP contribution in [0, 0.1) is 0 Å². The molecule has 0 unspecified atom stereocenters. The summed E-state index contributed by atoms with van der Waals surface area (Å²) >= 11 is 1.43. The van der Waals surface area contributed by atoms with Crippen LogP contribution in [0.3, 0.4) is 0 Å². The maximum absolute atomic E-state index is 12.6. The van der Waals surface area contributed by atoms with E-state index in [2.05, 4.69) is 10.1 Å². The highest BCUT2D eigenvalue weighted by Crippen LogP contribution is 2.38. The molecule has 1 N–H and O–H groups in total. The molecule has 0 bridgehead atoms. The van der Waals surface area contributed by atoms with Crippen molar-refractivity contribution in [1.29, 1.82) is 0 Å². The highest BCUT2D eigenvalue weighted by atomic mass is 32.1. The van der Waals surface area contributed by atoms with Gasteiger partial charge in [0.2, 0.25) is 0 Å². The summed E-state index contributed by atoms with van der Waals surface area (Å²) < 4.78 is 9.55. The third-order valence-electron chi connectivity index (χ3n) is 4.36. The molecule has 6 nitrogen and oxygen atoms in total. The van der Waals surface area contributed by atoms with Gasteiger partial charge in [0, 0.05) is 10.4 Å². The summed E-state index contributed by atoms with van der Waals surface area (Å²) in [4.78, 5) is 37.4. The van der Waals surface area contributed by atoms with E-state index in [4.69, 9.17) is 4.74 Å². The lowest BCUT2D eigenvalue weighted by molar-refractivity contribution is 0.0591. The number of hydrogen-bond donors (Lipinski definition) is 1. The molecule has 3 rings (SSSR count). The predicted molar refractivity (Wildman–Crippen MR) is 98.0 cm³/mol. The van der Waals surface area contributed by atoms with Crippen LogP contribution in [0.15, 0.2) is 24.3 Å². The van der Waals surface area contributed by atoms with Crippen molar-refractivity contribution in [3.05, 3.63) is 51.4 Å². The maximum atomic E-state index is 12.6. The molecule has 0 radical (unpaired) electrons. The number of nitrogens with one attached hydrogen (secondary N) is 1. The van der Waals surface area contributed by atoms with Crippen molar-refractivity contribution in [3.63, 3.8) is 0 Å². The number of rotatable bonds is 4. The van der Waals surface area contributed by atoms with Gasteiger partial charge in [0.05, 0.1) is 25.3 Å². The number of hydrogen-bond acceptors (Lipinski definition) is 6. The molecule has 7 heteroatoms. The number of fused-ring (bicyclic) bond motifs is 1. The molecule has 2 aromatic rings. The summed E-state index contributed by atoms with van der Waals surface area (Å²) in [5.41, 5.74) is 2.21. The van der Waals surface area contributed by atoms with Gasteiger partial charge in [-0.1, -0.05) is 0 Å².